The molecule has 0 saturated heterocycles. The molecule has 0 saturated carbocycles. The number of hydrogen-bond donors (Lipinski definition) is 1. The molecule has 0 radical (unpaired) electrons. The molecular formula is C23H22N2O4. The van der Waals surface area contributed by atoms with E-state index in [1.165, 1.54) is 11.8 Å². The van der Waals surface area contributed by atoms with Crippen LogP contribution in [0, 0.1) is 6.92 Å². The Morgan fingerprint density at radius 2 is 1.97 bits per heavy atom. The van der Waals surface area contributed by atoms with Crippen LogP contribution in [0.1, 0.15) is 27.2 Å². The fourth-order valence-electron chi connectivity index (χ4n) is 3.42. The largest absolute Gasteiger partial charge is 0.483 e. The first-order chi connectivity index (χ1) is 14.1. The Labute approximate surface area is 169 Å². The van der Waals surface area contributed by atoms with Gasteiger partial charge in [-0.3, -0.25) is 9.59 Å². The van der Waals surface area contributed by atoms with Crippen LogP contribution in [0.3, 0.4) is 0 Å². The molecule has 3 aromatic rings. The SMILES string of the molecule is Cc1ccccc1OCC(=O)Nc1ccc2c(c1)CN(C(=O)c1ccco1)CC2. The fourth-order valence-corrected chi connectivity index (χ4v) is 3.42. The number of furan rings is 1. The van der Waals surface area contributed by atoms with Gasteiger partial charge in [-0.1, -0.05) is 24.3 Å². The van der Waals surface area contributed by atoms with Gasteiger partial charge in [-0.05, 0) is 60.4 Å². The van der Waals surface area contributed by atoms with Crippen molar-refractivity contribution >= 4 is 17.5 Å². The van der Waals surface area contributed by atoms with E-state index in [9.17, 15) is 9.59 Å². The highest BCUT2D eigenvalue weighted by Gasteiger charge is 2.23. The lowest BCUT2D eigenvalue weighted by molar-refractivity contribution is -0.118. The molecule has 4 rings (SSSR count). The molecule has 6 nitrogen and oxygen atoms in total. The van der Waals surface area contributed by atoms with Crippen molar-refractivity contribution in [1.29, 1.82) is 0 Å². The van der Waals surface area contributed by atoms with Gasteiger partial charge in [0.2, 0.25) is 0 Å². The standard InChI is InChI=1S/C23H22N2O4/c1-16-5-2-3-6-20(16)29-15-22(26)24-19-9-8-17-10-11-25(14-18(17)13-19)23(27)21-7-4-12-28-21/h2-9,12-13H,10-11,14-15H2,1H3,(H,24,26). The Bertz CT molecular complexity index is 1030. The number of amides is 2. The maximum Gasteiger partial charge on any atom is 0.289 e. The number of carbonyl (C=O) groups is 2. The van der Waals surface area contributed by atoms with Gasteiger partial charge in [-0.15, -0.1) is 0 Å². The van der Waals surface area contributed by atoms with Gasteiger partial charge in [-0.2, -0.15) is 0 Å². The predicted molar refractivity (Wildman–Crippen MR) is 109 cm³/mol. The molecule has 2 heterocycles. The van der Waals surface area contributed by atoms with E-state index in [-0.39, 0.29) is 18.4 Å². The van der Waals surface area contributed by atoms with Crippen LogP contribution >= 0.6 is 0 Å². The maximum absolute atomic E-state index is 12.5. The minimum absolute atomic E-state index is 0.0644. The van der Waals surface area contributed by atoms with E-state index >= 15 is 0 Å². The summed E-state index contributed by atoms with van der Waals surface area (Å²) in [4.78, 5) is 26.6. The number of aryl methyl sites for hydroxylation is 1. The van der Waals surface area contributed by atoms with Crippen molar-refractivity contribution in [2.24, 2.45) is 0 Å². The molecule has 1 aliphatic heterocycles. The summed E-state index contributed by atoms with van der Waals surface area (Å²) in [5, 5.41) is 2.87. The Kier molecular flexibility index (Phi) is 5.33. The van der Waals surface area contributed by atoms with Crippen molar-refractivity contribution in [3.63, 3.8) is 0 Å². The summed E-state index contributed by atoms with van der Waals surface area (Å²) in [6, 6.07) is 16.8. The lowest BCUT2D eigenvalue weighted by Crippen LogP contribution is -2.35. The number of carbonyl (C=O) groups excluding carboxylic acids is 2. The van der Waals surface area contributed by atoms with E-state index in [0.29, 0.717) is 30.3 Å². The highest BCUT2D eigenvalue weighted by Crippen LogP contribution is 2.24. The molecule has 0 atom stereocenters. The van der Waals surface area contributed by atoms with Crippen LogP contribution in [-0.4, -0.2) is 29.9 Å². The number of fused-ring (bicyclic) bond motifs is 1. The summed E-state index contributed by atoms with van der Waals surface area (Å²) in [6.45, 7) is 3.00. The van der Waals surface area contributed by atoms with Crippen LogP contribution in [0.2, 0.25) is 0 Å². The molecule has 2 amide bonds. The molecule has 0 bridgehead atoms. The van der Waals surface area contributed by atoms with E-state index in [1.54, 1.807) is 17.0 Å². The van der Waals surface area contributed by atoms with E-state index < -0.39 is 0 Å². The summed E-state index contributed by atoms with van der Waals surface area (Å²) < 4.78 is 10.8. The van der Waals surface area contributed by atoms with Crippen LogP contribution < -0.4 is 10.1 Å². The Balaban J connectivity index is 1.39. The summed E-state index contributed by atoms with van der Waals surface area (Å²) in [5.74, 6) is 0.681. The van der Waals surface area contributed by atoms with Crippen LogP contribution in [0.25, 0.3) is 0 Å². The topological polar surface area (TPSA) is 71.8 Å². The van der Waals surface area contributed by atoms with Gasteiger partial charge in [0.1, 0.15) is 5.75 Å². The average Bonchev–Trinajstić information content (AvgIpc) is 3.27. The zero-order chi connectivity index (χ0) is 20.2. The van der Waals surface area contributed by atoms with Crippen molar-refractivity contribution in [2.75, 3.05) is 18.5 Å². The molecule has 6 heteroatoms. The second kappa shape index (κ2) is 8.22. The minimum Gasteiger partial charge on any atom is -0.483 e. The molecule has 2 aromatic carbocycles. The Morgan fingerprint density at radius 3 is 2.76 bits per heavy atom. The summed E-state index contributed by atoms with van der Waals surface area (Å²) >= 11 is 0. The van der Waals surface area contributed by atoms with E-state index in [1.807, 2.05) is 49.4 Å². The van der Waals surface area contributed by atoms with E-state index in [0.717, 1.165) is 17.5 Å². The van der Waals surface area contributed by atoms with Crippen molar-refractivity contribution in [2.45, 2.75) is 19.9 Å². The zero-order valence-corrected chi connectivity index (χ0v) is 16.2. The molecule has 0 unspecified atom stereocenters. The second-order valence-corrected chi connectivity index (χ2v) is 7.04. The number of hydrogen-bond acceptors (Lipinski definition) is 4. The average molecular weight is 390 g/mol. The number of anilines is 1. The summed E-state index contributed by atoms with van der Waals surface area (Å²) in [7, 11) is 0. The number of para-hydroxylation sites is 1. The second-order valence-electron chi connectivity index (χ2n) is 7.04. The smallest absolute Gasteiger partial charge is 0.289 e. The number of benzene rings is 2. The molecule has 0 aliphatic carbocycles. The molecule has 148 valence electrons. The lowest BCUT2D eigenvalue weighted by atomic mass is 9.99. The molecule has 0 spiro atoms. The first-order valence-corrected chi connectivity index (χ1v) is 9.53. The zero-order valence-electron chi connectivity index (χ0n) is 16.2. The Hall–Kier alpha value is -3.54. The van der Waals surface area contributed by atoms with Gasteiger partial charge < -0.3 is 19.4 Å². The molecule has 29 heavy (non-hydrogen) atoms. The van der Waals surface area contributed by atoms with Gasteiger partial charge in [-0.25, -0.2) is 0 Å². The quantitative estimate of drug-likeness (QED) is 0.719. The normalized spacial score (nSPS) is 12.9. The third kappa shape index (κ3) is 4.32. The lowest BCUT2D eigenvalue weighted by Gasteiger charge is -2.28. The highest BCUT2D eigenvalue weighted by atomic mass is 16.5. The number of rotatable bonds is 5. The van der Waals surface area contributed by atoms with Crippen LogP contribution in [0.5, 0.6) is 5.75 Å². The predicted octanol–water partition coefficient (Wildman–Crippen LogP) is 3.80. The van der Waals surface area contributed by atoms with Gasteiger partial charge in [0.25, 0.3) is 11.8 Å². The first kappa shape index (κ1) is 18.8. The molecule has 0 fully saturated rings. The van der Waals surface area contributed by atoms with Crippen LogP contribution in [0.4, 0.5) is 5.69 Å². The summed E-state index contributed by atoms with van der Waals surface area (Å²) in [5.41, 5.74) is 3.88. The third-order valence-corrected chi connectivity index (χ3v) is 4.97. The maximum atomic E-state index is 12.5. The van der Waals surface area contributed by atoms with Crippen molar-refractivity contribution in [3.05, 3.63) is 83.3 Å². The molecule has 1 aliphatic rings. The highest BCUT2D eigenvalue weighted by molar-refractivity contribution is 5.92. The third-order valence-electron chi connectivity index (χ3n) is 4.97. The van der Waals surface area contributed by atoms with E-state index in [4.69, 9.17) is 9.15 Å². The fraction of sp³-hybridized carbons (Fsp3) is 0.217. The first-order valence-electron chi connectivity index (χ1n) is 9.53. The molecule has 1 aromatic heterocycles. The number of ether oxygens (including phenoxy) is 1. The van der Waals surface area contributed by atoms with Gasteiger partial charge >= 0.3 is 0 Å². The van der Waals surface area contributed by atoms with Gasteiger partial charge in [0, 0.05) is 18.8 Å². The van der Waals surface area contributed by atoms with Crippen LogP contribution in [-0.2, 0) is 17.8 Å². The number of nitrogens with one attached hydrogen (secondary N) is 1. The van der Waals surface area contributed by atoms with Gasteiger partial charge in [0.15, 0.2) is 12.4 Å². The molecule has 1 N–H and O–H groups in total. The monoisotopic (exact) mass is 390 g/mol. The van der Waals surface area contributed by atoms with Crippen molar-refractivity contribution < 1.29 is 18.7 Å². The minimum atomic E-state index is -0.229. The Morgan fingerprint density at radius 1 is 1.10 bits per heavy atom. The van der Waals surface area contributed by atoms with Gasteiger partial charge in [0.05, 0.1) is 6.26 Å². The van der Waals surface area contributed by atoms with Crippen molar-refractivity contribution in [1.82, 2.24) is 4.90 Å². The van der Waals surface area contributed by atoms with Crippen LogP contribution in [0.15, 0.2) is 65.3 Å². The summed E-state index contributed by atoms with van der Waals surface area (Å²) in [6.07, 6.45) is 2.27. The van der Waals surface area contributed by atoms with Crippen molar-refractivity contribution in [3.8, 4) is 5.75 Å². The molecular weight excluding hydrogens is 368 g/mol. The van der Waals surface area contributed by atoms with E-state index in [2.05, 4.69) is 5.32 Å². The number of nitrogens with zero attached hydrogens (tertiary/aromatic N) is 1.